The molecule has 2 aromatic carbocycles. The SMILES string of the molecule is C[C@@H](NC(=O)COc1ccc(F)cc1)c1ccc(S(C)(=O)=O)cc1. The zero-order valence-electron chi connectivity index (χ0n) is 13.3. The predicted molar refractivity (Wildman–Crippen MR) is 88.0 cm³/mol. The molecule has 1 N–H and O–H groups in total. The fraction of sp³-hybridized carbons (Fsp3) is 0.235. The van der Waals surface area contributed by atoms with Gasteiger partial charge in [0, 0.05) is 6.26 Å². The van der Waals surface area contributed by atoms with Gasteiger partial charge in [0.2, 0.25) is 0 Å². The summed E-state index contributed by atoms with van der Waals surface area (Å²) < 4.78 is 40.9. The van der Waals surface area contributed by atoms with Crippen LogP contribution in [0.15, 0.2) is 53.4 Å². The van der Waals surface area contributed by atoms with Gasteiger partial charge in [-0.2, -0.15) is 0 Å². The Bertz CT molecular complexity index is 801. The van der Waals surface area contributed by atoms with Gasteiger partial charge in [-0.25, -0.2) is 12.8 Å². The van der Waals surface area contributed by atoms with Gasteiger partial charge in [0.15, 0.2) is 16.4 Å². The van der Waals surface area contributed by atoms with Crippen molar-refractivity contribution in [2.75, 3.05) is 12.9 Å². The number of hydrogen-bond acceptors (Lipinski definition) is 4. The molecule has 7 heteroatoms. The number of rotatable bonds is 6. The number of ether oxygens (including phenoxy) is 1. The molecular formula is C17H18FNO4S. The number of amides is 1. The summed E-state index contributed by atoms with van der Waals surface area (Å²) in [5.41, 5.74) is 0.775. The first kappa shape index (κ1) is 17.9. The third kappa shape index (κ3) is 5.06. The van der Waals surface area contributed by atoms with E-state index in [-0.39, 0.29) is 29.3 Å². The fourth-order valence-electron chi connectivity index (χ4n) is 2.05. The summed E-state index contributed by atoms with van der Waals surface area (Å²) in [5.74, 6) is -0.311. The van der Waals surface area contributed by atoms with Crippen LogP contribution in [0.3, 0.4) is 0 Å². The first-order chi connectivity index (χ1) is 11.3. The van der Waals surface area contributed by atoms with Crippen molar-refractivity contribution >= 4 is 15.7 Å². The molecule has 128 valence electrons. The predicted octanol–water partition coefficient (Wildman–Crippen LogP) is 2.49. The van der Waals surface area contributed by atoms with Crippen LogP contribution < -0.4 is 10.1 Å². The van der Waals surface area contributed by atoms with Crippen molar-refractivity contribution in [3.63, 3.8) is 0 Å². The van der Waals surface area contributed by atoms with E-state index in [1.807, 2.05) is 0 Å². The molecule has 0 fully saturated rings. The molecule has 0 aliphatic carbocycles. The first-order valence-electron chi connectivity index (χ1n) is 7.23. The van der Waals surface area contributed by atoms with E-state index in [0.717, 1.165) is 11.8 Å². The zero-order valence-corrected chi connectivity index (χ0v) is 14.1. The molecule has 0 heterocycles. The number of carbonyl (C=O) groups is 1. The number of halogens is 1. The summed E-state index contributed by atoms with van der Waals surface area (Å²) >= 11 is 0. The highest BCUT2D eigenvalue weighted by Crippen LogP contribution is 2.16. The summed E-state index contributed by atoms with van der Waals surface area (Å²) in [7, 11) is -3.24. The second-order valence-corrected chi connectivity index (χ2v) is 7.39. The highest BCUT2D eigenvalue weighted by Gasteiger charge is 2.12. The molecule has 2 aromatic rings. The van der Waals surface area contributed by atoms with E-state index in [1.54, 1.807) is 19.1 Å². The summed E-state index contributed by atoms with van der Waals surface area (Å²) in [4.78, 5) is 12.1. The average Bonchev–Trinajstić information content (AvgIpc) is 2.53. The third-order valence-electron chi connectivity index (χ3n) is 3.37. The van der Waals surface area contributed by atoms with Gasteiger partial charge in [0.25, 0.3) is 5.91 Å². The molecule has 24 heavy (non-hydrogen) atoms. The van der Waals surface area contributed by atoms with Crippen molar-refractivity contribution in [1.29, 1.82) is 0 Å². The first-order valence-corrected chi connectivity index (χ1v) is 9.12. The summed E-state index contributed by atoms with van der Waals surface area (Å²) in [6, 6.07) is 11.4. The highest BCUT2D eigenvalue weighted by atomic mass is 32.2. The molecule has 5 nitrogen and oxygen atoms in total. The molecule has 0 aliphatic heterocycles. The number of hydrogen-bond donors (Lipinski definition) is 1. The van der Waals surface area contributed by atoms with Gasteiger partial charge < -0.3 is 10.1 Å². The zero-order chi connectivity index (χ0) is 17.7. The molecule has 0 radical (unpaired) electrons. The lowest BCUT2D eigenvalue weighted by Gasteiger charge is -2.15. The lowest BCUT2D eigenvalue weighted by Crippen LogP contribution is -2.31. The van der Waals surface area contributed by atoms with Crippen LogP contribution in [0.5, 0.6) is 5.75 Å². The maximum absolute atomic E-state index is 12.8. The maximum Gasteiger partial charge on any atom is 0.258 e. The Hall–Kier alpha value is -2.41. The number of benzene rings is 2. The van der Waals surface area contributed by atoms with Crippen LogP contribution in [0.2, 0.25) is 0 Å². The van der Waals surface area contributed by atoms with Gasteiger partial charge in [0.05, 0.1) is 10.9 Å². The lowest BCUT2D eigenvalue weighted by atomic mass is 10.1. The Labute approximate surface area is 140 Å². The van der Waals surface area contributed by atoms with E-state index in [2.05, 4.69) is 5.32 Å². The summed E-state index contributed by atoms with van der Waals surface area (Å²) in [6.45, 7) is 1.59. The molecule has 0 aliphatic rings. The second kappa shape index (κ2) is 7.44. The number of sulfone groups is 1. The molecule has 0 spiro atoms. The maximum atomic E-state index is 12.8. The monoisotopic (exact) mass is 351 g/mol. The van der Waals surface area contributed by atoms with E-state index in [4.69, 9.17) is 4.74 Å². The lowest BCUT2D eigenvalue weighted by molar-refractivity contribution is -0.123. The van der Waals surface area contributed by atoms with E-state index in [1.165, 1.54) is 36.4 Å². The third-order valence-corrected chi connectivity index (χ3v) is 4.50. The minimum Gasteiger partial charge on any atom is -0.484 e. The second-order valence-electron chi connectivity index (χ2n) is 5.37. The largest absolute Gasteiger partial charge is 0.484 e. The van der Waals surface area contributed by atoms with Crippen LogP contribution in [0.1, 0.15) is 18.5 Å². The minimum absolute atomic E-state index is 0.197. The van der Waals surface area contributed by atoms with Gasteiger partial charge in [-0.15, -0.1) is 0 Å². The molecule has 1 atom stereocenters. The van der Waals surface area contributed by atoms with Crippen molar-refractivity contribution in [1.82, 2.24) is 5.32 Å². The molecule has 0 aromatic heterocycles. The molecule has 0 bridgehead atoms. The Morgan fingerprint density at radius 3 is 2.25 bits per heavy atom. The van der Waals surface area contributed by atoms with Crippen molar-refractivity contribution in [3.8, 4) is 5.75 Å². The summed E-state index contributed by atoms with van der Waals surface area (Å²) in [6.07, 6.45) is 1.14. The molecule has 1 amide bonds. The van der Waals surface area contributed by atoms with Crippen LogP contribution in [0, 0.1) is 5.82 Å². The Kier molecular flexibility index (Phi) is 5.56. The highest BCUT2D eigenvalue weighted by molar-refractivity contribution is 7.90. The van der Waals surface area contributed by atoms with Crippen LogP contribution >= 0.6 is 0 Å². The molecule has 0 saturated carbocycles. The van der Waals surface area contributed by atoms with Gasteiger partial charge in [-0.05, 0) is 48.9 Å². The van der Waals surface area contributed by atoms with Crippen molar-refractivity contribution in [2.24, 2.45) is 0 Å². The van der Waals surface area contributed by atoms with Crippen LogP contribution in [-0.2, 0) is 14.6 Å². The number of nitrogens with one attached hydrogen (secondary N) is 1. The molecular weight excluding hydrogens is 333 g/mol. The van der Waals surface area contributed by atoms with E-state index in [0.29, 0.717) is 5.75 Å². The number of carbonyl (C=O) groups excluding carboxylic acids is 1. The standard InChI is InChI=1S/C17H18FNO4S/c1-12(13-3-9-16(10-4-13)24(2,21)22)19-17(20)11-23-15-7-5-14(18)6-8-15/h3-10,12H,11H2,1-2H3,(H,19,20)/t12-/m1/s1. The van der Waals surface area contributed by atoms with Crippen molar-refractivity contribution in [3.05, 3.63) is 59.9 Å². The fourth-order valence-corrected chi connectivity index (χ4v) is 2.68. The van der Waals surface area contributed by atoms with Crippen molar-refractivity contribution in [2.45, 2.75) is 17.9 Å². The van der Waals surface area contributed by atoms with E-state index in [9.17, 15) is 17.6 Å². The molecule has 2 rings (SSSR count). The minimum atomic E-state index is -3.24. The topological polar surface area (TPSA) is 72.5 Å². The van der Waals surface area contributed by atoms with Gasteiger partial charge >= 0.3 is 0 Å². The van der Waals surface area contributed by atoms with Gasteiger partial charge in [0.1, 0.15) is 11.6 Å². The van der Waals surface area contributed by atoms with E-state index < -0.39 is 9.84 Å². The van der Waals surface area contributed by atoms with Crippen LogP contribution in [0.25, 0.3) is 0 Å². The molecule has 0 unspecified atom stereocenters. The van der Waals surface area contributed by atoms with Crippen molar-refractivity contribution < 1.29 is 22.3 Å². The Morgan fingerprint density at radius 2 is 1.71 bits per heavy atom. The van der Waals surface area contributed by atoms with Gasteiger partial charge in [-0.3, -0.25) is 4.79 Å². The average molecular weight is 351 g/mol. The Balaban J connectivity index is 1.90. The quantitative estimate of drug-likeness (QED) is 0.868. The Morgan fingerprint density at radius 1 is 1.12 bits per heavy atom. The van der Waals surface area contributed by atoms with E-state index >= 15 is 0 Å². The smallest absolute Gasteiger partial charge is 0.258 e. The molecule has 0 saturated heterocycles. The van der Waals surface area contributed by atoms with Gasteiger partial charge in [-0.1, -0.05) is 12.1 Å². The van der Waals surface area contributed by atoms with Crippen LogP contribution in [-0.4, -0.2) is 27.2 Å². The summed E-state index contributed by atoms with van der Waals surface area (Å²) in [5, 5.41) is 2.75. The normalized spacial score (nSPS) is 12.5. The van der Waals surface area contributed by atoms with Crippen LogP contribution in [0.4, 0.5) is 4.39 Å².